The fourth-order valence-electron chi connectivity index (χ4n) is 2.66. The van der Waals surface area contributed by atoms with Crippen molar-refractivity contribution in [3.63, 3.8) is 0 Å². The Labute approximate surface area is 167 Å². The molecule has 0 aliphatic carbocycles. The second kappa shape index (κ2) is 8.38. The molecule has 1 heterocycles. The van der Waals surface area contributed by atoms with Gasteiger partial charge in [0.1, 0.15) is 17.1 Å². The van der Waals surface area contributed by atoms with Crippen LogP contribution in [0.3, 0.4) is 0 Å². The number of alkyl halides is 3. The normalized spacial score (nSPS) is 11.2. The van der Waals surface area contributed by atoms with E-state index >= 15 is 0 Å². The molecule has 0 unspecified atom stereocenters. The van der Waals surface area contributed by atoms with Gasteiger partial charge in [-0.15, -0.1) is 0 Å². The highest BCUT2D eigenvalue weighted by molar-refractivity contribution is 5.64. The van der Waals surface area contributed by atoms with Crippen LogP contribution in [0, 0.1) is 6.92 Å². The first kappa shape index (κ1) is 20.4. The summed E-state index contributed by atoms with van der Waals surface area (Å²) in [5.41, 5.74) is 1.37. The average molecular weight is 402 g/mol. The Morgan fingerprint density at radius 3 is 2.28 bits per heavy atom. The largest absolute Gasteiger partial charge is 0.494 e. The molecule has 0 amide bonds. The van der Waals surface area contributed by atoms with Gasteiger partial charge < -0.3 is 15.0 Å². The highest BCUT2D eigenvalue weighted by Gasteiger charge is 2.35. The Morgan fingerprint density at radius 1 is 1.03 bits per heavy atom. The van der Waals surface area contributed by atoms with Gasteiger partial charge in [-0.1, -0.05) is 17.7 Å². The smallest absolute Gasteiger partial charge is 0.421 e. The van der Waals surface area contributed by atoms with Crippen LogP contribution in [0.2, 0.25) is 0 Å². The van der Waals surface area contributed by atoms with Gasteiger partial charge in [0, 0.05) is 24.6 Å². The average Bonchev–Trinajstić information content (AvgIpc) is 2.69. The number of halogens is 3. The highest BCUT2D eigenvalue weighted by Crippen LogP contribution is 2.36. The first-order chi connectivity index (χ1) is 13.8. The maximum atomic E-state index is 13.5. The van der Waals surface area contributed by atoms with E-state index in [0.717, 1.165) is 17.4 Å². The molecule has 0 saturated carbocycles. The number of anilines is 4. The van der Waals surface area contributed by atoms with Gasteiger partial charge in [-0.2, -0.15) is 18.2 Å². The van der Waals surface area contributed by atoms with E-state index < -0.39 is 11.7 Å². The van der Waals surface area contributed by atoms with Crippen LogP contribution in [0.25, 0.3) is 0 Å². The molecule has 0 bridgehead atoms. The summed E-state index contributed by atoms with van der Waals surface area (Å²) < 4.78 is 45.7. The van der Waals surface area contributed by atoms with E-state index in [4.69, 9.17) is 4.74 Å². The van der Waals surface area contributed by atoms with Crippen LogP contribution >= 0.6 is 0 Å². The molecule has 0 aliphatic rings. The lowest BCUT2D eigenvalue weighted by Crippen LogP contribution is -2.17. The van der Waals surface area contributed by atoms with Crippen molar-refractivity contribution in [3.8, 4) is 5.75 Å². The first-order valence-electron chi connectivity index (χ1n) is 9.02. The molecule has 0 spiro atoms. The van der Waals surface area contributed by atoms with Crippen LogP contribution in [-0.4, -0.2) is 23.6 Å². The molecule has 3 aromatic rings. The third-order valence-corrected chi connectivity index (χ3v) is 4.23. The van der Waals surface area contributed by atoms with Gasteiger partial charge in [-0.3, -0.25) is 0 Å². The van der Waals surface area contributed by atoms with Crippen molar-refractivity contribution < 1.29 is 17.9 Å². The van der Waals surface area contributed by atoms with Crippen LogP contribution in [0.1, 0.15) is 18.1 Å². The summed E-state index contributed by atoms with van der Waals surface area (Å²) in [6, 6.07) is 14.2. The lowest BCUT2D eigenvalue weighted by atomic mass is 10.2. The molecule has 1 aromatic heterocycles. The summed E-state index contributed by atoms with van der Waals surface area (Å²) in [5, 5.41) is 2.75. The molecule has 152 valence electrons. The lowest BCUT2D eigenvalue weighted by Gasteiger charge is -2.20. The van der Waals surface area contributed by atoms with E-state index in [1.54, 1.807) is 36.2 Å². The molecule has 0 atom stereocenters. The molecule has 8 heteroatoms. The minimum atomic E-state index is -4.59. The van der Waals surface area contributed by atoms with Crippen LogP contribution < -0.4 is 15.0 Å². The van der Waals surface area contributed by atoms with Crippen molar-refractivity contribution in [2.24, 2.45) is 0 Å². The Morgan fingerprint density at radius 2 is 1.69 bits per heavy atom. The van der Waals surface area contributed by atoms with Gasteiger partial charge in [0.2, 0.25) is 5.95 Å². The molecular formula is C21H21F3N4O. The van der Waals surface area contributed by atoms with Crippen molar-refractivity contribution in [2.75, 3.05) is 23.9 Å². The molecular weight excluding hydrogens is 381 g/mol. The quantitative estimate of drug-likeness (QED) is 0.572. The minimum Gasteiger partial charge on any atom is -0.494 e. The zero-order chi connectivity index (χ0) is 21.0. The van der Waals surface area contributed by atoms with Crippen LogP contribution in [-0.2, 0) is 6.18 Å². The number of ether oxygens (including phenoxy) is 1. The fraction of sp³-hybridized carbons (Fsp3) is 0.238. The van der Waals surface area contributed by atoms with E-state index in [9.17, 15) is 13.2 Å². The lowest BCUT2D eigenvalue weighted by molar-refractivity contribution is -0.137. The second-order valence-corrected chi connectivity index (χ2v) is 6.41. The molecule has 1 N–H and O–H groups in total. The number of nitrogens with zero attached hydrogens (tertiary/aromatic N) is 3. The molecule has 29 heavy (non-hydrogen) atoms. The monoisotopic (exact) mass is 402 g/mol. The van der Waals surface area contributed by atoms with E-state index in [2.05, 4.69) is 15.3 Å². The van der Waals surface area contributed by atoms with Crippen LogP contribution in [0.15, 0.2) is 54.7 Å². The fourth-order valence-corrected chi connectivity index (χ4v) is 2.66. The standard InChI is InChI=1S/C21H21F3N4O/c1-4-29-17-11-7-15(8-12-17)26-19-18(21(22,23)24)13-25-20(27-19)28(3)16-9-5-14(2)6-10-16/h5-13H,4H2,1-3H3,(H,25,26,27). The van der Waals surface area contributed by atoms with Gasteiger partial charge in [0.05, 0.1) is 6.61 Å². The number of aryl methyl sites for hydroxylation is 1. The molecule has 0 fully saturated rings. The van der Waals surface area contributed by atoms with E-state index in [-0.39, 0.29) is 11.8 Å². The predicted octanol–water partition coefficient (Wildman–Crippen LogP) is 5.71. The zero-order valence-electron chi connectivity index (χ0n) is 16.3. The number of hydrogen-bond donors (Lipinski definition) is 1. The maximum Gasteiger partial charge on any atom is 0.421 e. The first-order valence-corrected chi connectivity index (χ1v) is 9.02. The third kappa shape index (κ3) is 4.96. The zero-order valence-corrected chi connectivity index (χ0v) is 16.3. The summed E-state index contributed by atoms with van der Waals surface area (Å²) in [4.78, 5) is 9.69. The molecule has 3 rings (SSSR count). The Kier molecular flexibility index (Phi) is 5.91. The van der Waals surface area contributed by atoms with Crippen LogP contribution in [0.5, 0.6) is 5.75 Å². The van der Waals surface area contributed by atoms with Gasteiger partial charge in [-0.05, 0) is 50.2 Å². The van der Waals surface area contributed by atoms with Gasteiger partial charge in [0.15, 0.2) is 0 Å². The van der Waals surface area contributed by atoms with E-state index in [1.807, 2.05) is 38.1 Å². The maximum absolute atomic E-state index is 13.5. The summed E-state index contributed by atoms with van der Waals surface area (Å²) in [7, 11) is 1.70. The second-order valence-electron chi connectivity index (χ2n) is 6.41. The number of hydrogen-bond acceptors (Lipinski definition) is 5. The van der Waals surface area contributed by atoms with Crippen molar-refractivity contribution in [1.29, 1.82) is 0 Å². The van der Waals surface area contributed by atoms with Crippen molar-refractivity contribution >= 4 is 23.1 Å². The van der Waals surface area contributed by atoms with Gasteiger partial charge in [-0.25, -0.2) is 4.98 Å². The molecule has 0 saturated heterocycles. The predicted molar refractivity (Wildman–Crippen MR) is 107 cm³/mol. The number of rotatable bonds is 6. The highest BCUT2D eigenvalue weighted by atomic mass is 19.4. The summed E-state index contributed by atoms with van der Waals surface area (Å²) in [6.45, 7) is 4.32. The molecule has 5 nitrogen and oxygen atoms in total. The Balaban J connectivity index is 1.94. The van der Waals surface area contributed by atoms with Crippen molar-refractivity contribution in [2.45, 2.75) is 20.0 Å². The third-order valence-electron chi connectivity index (χ3n) is 4.23. The number of benzene rings is 2. The summed E-state index contributed by atoms with van der Waals surface area (Å²) in [6.07, 6.45) is -3.79. The minimum absolute atomic E-state index is 0.148. The Hall–Kier alpha value is -3.29. The SMILES string of the molecule is CCOc1ccc(Nc2nc(N(C)c3ccc(C)cc3)ncc2C(F)(F)F)cc1. The summed E-state index contributed by atoms with van der Waals surface area (Å²) >= 11 is 0. The van der Waals surface area contributed by atoms with Gasteiger partial charge >= 0.3 is 6.18 Å². The molecule has 2 aromatic carbocycles. The van der Waals surface area contributed by atoms with E-state index in [1.165, 1.54) is 0 Å². The van der Waals surface area contributed by atoms with E-state index in [0.29, 0.717) is 18.0 Å². The summed E-state index contributed by atoms with van der Waals surface area (Å²) in [5.74, 6) is 0.470. The number of nitrogens with one attached hydrogen (secondary N) is 1. The topological polar surface area (TPSA) is 50.3 Å². The van der Waals surface area contributed by atoms with Crippen molar-refractivity contribution in [3.05, 3.63) is 65.9 Å². The number of aromatic nitrogens is 2. The molecule has 0 radical (unpaired) electrons. The molecule has 0 aliphatic heterocycles. The van der Waals surface area contributed by atoms with Crippen molar-refractivity contribution in [1.82, 2.24) is 9.97 Å². The van der Waals surface area contributed by atoms with Crippen LogP contribution in [0.4, 0.5) is 36.3 Å². The Bertz CT molecular complexity index is 957. The van der Waals surface area contributed by atoms with Gasteiger partial charge in [0.25, 0.3) is 0 Å².